The normalized spacial score (nSPS) is 17.9. The van der Waals surface area contributed by atoms with Crippen LogP contribution in [-0.2, 0) is 12.0 Å². The molecule has 1 unspecified atom stereocenters. The molecule has 0 aliphatic carbocycles. The number of aromatic nitrogens is 2. The van der Waals surface area contributed by atoms with Gasteiger partial charge in [0.05, 0.1) is 14.2 Å². The number of ether oxygens (including phenoxy) is 3. The van der Waals surface area contributed by atoms with Crippen LogP contribution in [0.4, 0.5) is 0 Å². The van der Waals surface area contributed by atoms with Crippen molar-refractivity contribution in [2.75, 3.05) is 14.2 Å². The fourth-order valence-electron chi connectivity index (χ4n) is 3.93. The van der Waals surface area contributed by atoms with Gasteiger partial charge in [0.2, 0.25) is 5.82 Å². The standard InChI is InChI=1S/C23H26N2O5/c1-12-13(2)20-16(14(3)19(12)26)9-10-23(4,29-20)22-24-21(25-30-22)15-7-8-17(27-5)18(11-15)28-6/h7-8,11,26H,9-10H2,1-6H3. The molecule has 0 saturated carbocycles. The van der Waals surface area contributed by atoms with Crippen LogP contribution >= 0.6 is 0 Å². The maximum Gasteiger partial charge on any atom is 0.270 e. The molecule has 1 atom stereocenters. The van der Waals surface area contributed by atoms with E-state index in [1.54, 1.807) is 20.3 Å². The Bertz CT molecular complexity index is 1120. The zero-order valence-corrected chi connectivity index (χ0v) is 18.1. The highest BCUT2D eigenvalue weighted by atomic mass is 16.5. The molecule has 0 spiro atoms. The first-order valence-electron chi connectivity index (χ1n) is 9.86. The quantitative estimate of drug-likeness (QED) is 0.671. The molecule has 2 aromatic carbocycles. The smallest absolute Gasteiger partial charge is 0.270 e. The number of phenols is 1. The molecule has 1 aliphatic rings. The summed E-state index contributed by atoms with van der Waals surface area (Å²) in [6.07, 6.45) is 1.41. The van der Waals surface area contributed by atoms with Gasteiger partial charge in [-0.1, -0.05) is 5.16 Å². The lowest BCUT2D eigenvalue weighted by atomic mass is 9.87. The summed E-state index contributed by atoms with van der Waals surface area (Å²) in [6, 6.07) is 5.47. The Morgan fingerprint density at radius 3 is 2.47 bits per heavy atom. The van der Waals surface area contributed by atoms with Crippen molar-refractivity contribution in [3.63, 3.8) is 0 Å². The van der Waals surface area contributed by atoms with Crippen molar-refractivity contribution in [3.05, 3.63) is 46.3 Å². The number of hydrogen-bond acceptors (Lipinski definition) is 7. The highest BCUT2D eigenvalue weighted by molar-refractivity contribution is 5.61. The van der Waals surface area contributed by atoms with Gasteiger partial charge in [-0.15, -0.1) is 0 Å². The van der Waals surface area contributed by atoms with Crippen LogP contribution in [0.2, 0.25) is 0 Å². The summed E-state index contributed by atoms with van der Waals surface area (Å²) in [5, 5.41) is 14.5. The van der Waals surface area contributed by atoms with E-state index in [1.807, 2.05) is 39.8 Å². The van der Waals surface area contributed by atoms with Crippen molar-refractivity contribution in [2.24, 2.45) is 0 Å². The van der Waals surface area contributed by atoms with Crippen LogP contribution in [0.5, 0.6) is 23.0 Å². The van der Waals surface area contributed by atoms with Crippen LogP contribution in [-0.4, -0.2) is 29.5 Å². The van der Waals surface area contributed by atoms with E-state index in [9.17, 15) is 5.11 Å². The lowest BCUT2D eigenvalue weighted by Crippen LogP contribution is -2.34. The van der Waals surface area contributed by atoms with Gasteiger partial charge in [0.25, 0.3) is 5.89 Å². The predicted molar refractivity (Wildman–Crippen MR) is 111 cm³/mol. The second kappa shape index (κ2) is 7.23. The molecule has 158 valence electrons. The fraction of sp³-hybridized carbons (Fsp3) is 0.391. The van der Waals surface area contributed by atoms with E-state index in [-0.39, 0.29) is 0 Å². The first-order chi connectivity index (χ1) is 14.3. The van der Waals surface area contributed by atoms with Crippen LogP contribution in [0, 0.1) is 20.8 Å². The minimum Gasteiger partial charge on any atom is -0.507 e. The van der Waals surface area contributed by atoms with Gasteiger partial charge in [0.1, 0.15) is 11.5 Å². The summed E-state index contributed by atoms with van der Waals surface area (Å²) in [4.78, 5) is 4.62. The molecule has 0 fully saturated rings. The minimum atomic E-state index is -0.755. The Hall–Kier alpha value is -3.22. The second-order valence-corrected chi connectivity index (χ2v) is 7.86. The largest absolute Gasteiger partial charge is 0.507 e. The van der Waals surface area contributed by atoms with E-state index in [0.717, 1.165) is 40.0 Å². The van der Waals surface area contributed by atoms with Crippen molar-refractivity contribution in [1.82, 2.24) is 10.1 Å². The zero-order chi connectivity index (χ0) is 21.6. The Kier molecular flexibility index (Phi) is 4.84. The van der Waals surface area contributed by atoms with Gasteiger partial charge in [0, 0.05) is 17.5 Å². The summed E-state index contributed by atoms with van der Waals surface area (Å²) in [7, 11) is 3.18. The zero-order valence-electron chi connectivity index (χ0n) is 18.1. The molecule has 7 heteroatoms. The number of benzene rings is 2. The SMILES string of the molecule is COc1ccc(-c2noc(C3(C)CCc4c(C)c(O)c(C)c(C)c4O3)n2)cc1OC. The van der Waals surface area contributed by atoms with Crippen molar-refractivity contribution >= 4 is 0 Å². The van der Waals surface area contributed by atoms with Crippen LogP contribution < -0.4 is 14.2 Å². The molecule has 4 rings (SSSR count). The maximum atomic E-state index is 10.4. The van der Waals surface area contributed by atoms with Crippen LogP contribution in [0.3, 0.4) is 0 Å². The molecule has 1 aliphatic heterocycles. The molecule has 2 heterocycles. The molecule has 1 aromatic heterocycles. The summed E-state index contributed by atoms with van der Waals surface area (Å²) >= 11 is 0. The molecular weight excluding hydrogens is 384 g/mol. The third-order valence-electron chi connectivity index (χ3n) is 6.04. The second-order valence-electron chi connectivity index (χ2n) is 7.86. The number of rotatable bonds is 4. The summed E-state index contributed by atoms with van der Waals surface area (Å²) in [5.41, 5.74) is 3.66. The van der Waals surface area contributed by atoms with E-state index in [4.69, 9.17) is 18.7 Å². The Labute approximate surface area is 175 Å². The Morgan fingerprint density at radius 2 is 1.77 bits per heavy atom. The average molecular weight is 410 g/mol. The van der Waals surface area contributed by atoms with Crippen LogP contribution in [0.1, 0.15) is 41.5 Å². The van der Waals surface area contributed by atoms with E-state index in [0.29, 0.717) is 35.4 Å². The van der Waals surface area contributed by atoms with E-state index in [1.165, 1.54) is 0 Å². The molecule has 3 aromatic rings. The molecule has 30 heavy (non-hydrogen) atoms. The molecule has 1 N–H and O–H groups in total. The highest BCUT2D eigenvalue weighted by Gasteiger charge is 2.40. The minimum absolute atomic E-state index is 0.340. The molecule has 7 nitrogen and oxygen atoms in total. The third-order valence-corrected chi connectivity index (χ3v) is 6.04. The Morgan fingerprint density at radius 1 is 1.03 bits per heavy atom. The maximum absolute atomic E-state index is 10.4. The summed E-state index contributed by atoms with van der Waals surface area (Å²) in [6.45, 7) is 7.74. The van der Waals surface area contributed by atoms with E-state index in [2.05, 4.69) is 10.1 Å². The van der Waals surface area contributed by atoms with Crippen molar-refractivity contribution in [3.8, 4) is 34.4 Å². The van der Waals surface area contributed by atoms with Crippen molar-refractivity contribution in [1.29, 1.82) is 0 Å². The van der Waals surface area contributed by atoms with Crippen LogP contribution in [0.15, 0.2) is 22.7 Å². The monoisotopic (exact) mass is 410 g/mol. The summed E-state index contributed by atoms with van der Waals surface area (Å²) in [5.74, 6) is 3.23. The molecular formula is C23H26N2O5. The van der Waals surface area contributed by atoms with Gasteiger partial charge in [-0.05, 0) is 69.0 Å². The Balaban J connectivity index is 1.69. The number of aromatic hydroxyl groups is 1. The predicted octanol–water partition coefficient (Wildman–Crippen LogP) is 4.63. The first kappa shape index (κ1) is 20.1. The van der Waals surface area contributed by atoms with Gasteiger partial charge in [-0.2, -0.15) is 4.98 Å². The molecule has 0 bridgehead atoms. The van der Waals surface area contributed by atoms with Gasteiger partial charge in [-0.25, -0.2) is 0 Å². The molecule has 0 amide bonds. The van der Waals surface area contributed by atoms with E-state index >= 15 is 0 Å². The number of nitrogens with zero attached hydrogens (tertiary/aromatic N) is 2. The lowest BCUT2D eigenvalue weighted by Gasteiger charge is -2.35. The van der Waals surface area contributed by atoms with Crippen LogP contribution in [0.25, 0.3) is 11.4 Å². The summed E-state index contributed by atoms with van der Waals surface area (Å²) < 4.78 is 22.7. The fourth-order valence-corrected chi connectivity index (χ4v) is 3.93. The number of hydrogen-bond donors (Lipinski definition) is 1. The third kappa shape index (κ3) is 3.05. The van der Waals surface area contributed by atoms with Crippen molar-refractivity contribution < 1.29 is 23.8 Å². The topological polar surface area (TPSA) is 86.8 Å². The lowest BCUT2D eigenvalue weighted by molar-refractivity contribution is 0.0280. The molecule has 0 saturated heterocycles. The van der Waals surface area contributed by atoms with Crippen molar-refractivity contribution in [2.45, 2.75) is 46.1 Å². The number of phenolic OH excluding ortho intramolecular Hbond substituents is 1. The van der Waals surface area contributed by atoms with Gasteiger partial charge >= 0.3 is 0 Å². The number of methoxy groups -OCH3 is 2. The number of fused-ring (bicyclic) bond motifs is 1. The van der Waals surface area contributed by atoms with Gasteiger partial charge in [0.15, 0.2) is 17.1 Å². The first-order valence-corrected chi connectivity index (χ1v) is 9.86. The molecule has 0 radical (unpaired) electrons. The highest BCUT2D eigenvalue weighted by Crippen LogP contribution is 2.46. The van der Waals surface area contributed by atoms with E-state index < -0.39 is 5.60 Å². The van der Waals surface area contributed by atoms with Gasteiger partial charge in [-0.3, -0.25) is 0 Å². The average Bonchev–Trinajstić information content (AvgIpc) is 3.27. The van der Waals surface area contributed by atoms with Gasteiger partial charge < -0.3 is 23.8 Å².